The standard InChI is InChI=1S/C13H20N2O2/c1-15(11-7-14-8-11)9-10-4-5-12(16-2)13(6-10)17-3/h4-6,11,14H,7-9H2,1-3H3. The topological polar surface area (TPSA) is 33.7 Å². The lowest BCUT2D eigenvalue weighted by Gasteiger charge is -2.35. The van der Waals surface area contributed by atoms with Gasteiger partial charge in [-0.1, -0.05) is 6.07 Å². The molecular formula is C13H20N2O2. The van der Waals surface area contributed by atoms with Crippen LogP contribution in [0.4, 0.5) is 0 Å². The number of benzene rings is 1. The normalized spacial score (nSPS) is 15.8. The van der Waals surface area contributed by atoms with E-state index >= 15 is 0 Å². The van der Waals surface area contributed by atoms with Crippen LogP contribution in [0.15, 0.2) is 18.2 Å². The predicted octanol–water partition coefficient (Wildman–Crippen LogP) is 1.11. The third-order valence-electron chi connectivity index (χ3n) is 3.26. The van der Waals surface area contributed by atoms with Crippen LogP contribution in [-0.2, 0) is 6.54 Å². The van der Waals surface area contributed by atoms with Crippen molar-refractivity contribution >= 4 is 0 Å². The molecule has 2 rings (SSSR count). The lowest BCUT2D eigenvalue weighted by molar-refractivity contribution is 0.173. The summed E-state index contributed by atoms with van der Waals surface area (Å²) in [6.45, 7) is 3.11. The van der Waals surface area contributed by atoms with Gasteiger partial charge in [0.25, 0.3) is 0 Å². The molecule has 1 aromatic carbocycles. The van der Waals surface area contributed by atoms with Gasteiger partial charge in [0.2, 0.25) is 0 Å². The third kappa shape index (κ3) is 2.70. The number of hydrogen-bond acceptors (Lipinski definition) is 4. The second-order valence-electron chi connectivity index (χ2n) is 4.42. The zero-order chi connectivity index (χ0) is 12.3. The number of rotatable bonds is 5. The lowest BCUT2D eigenvalue weighted by Crippen LogP contribution is -2.55. The first-order valence-electron chi connectivity index (χ1n) is 5.86. The van der Waals surface area contributed by atoms with Crippen LogP contribution < -0.4 is 14.8 Å². The molecule has 4 heteroatoms. The SMILES string of the molecule is COc1ccc(CN(C)C2CNC2)cc1OC. The first-order valence-corrected chi connectivity index (χ1v) is 5.86. The molecule has 1 aromatic rings. The largest absolute Gasteiger partial charge is 0.493 e. The number of ether oxygens (including phenoxy) is 2. The number of hydrogen-bond donors (Lipinski definition) is 1. The van der Waals surface area contributed by atoms with Crippen molar-refractivity contribution in [2.45, 2.75) is 12.6 Å². The molecule has 0 aromatic heterocycles. The van der Waals surface area contributed by atoms with Crippen LogP contribution in [-0.4, -0.2) is 45.3 Å². The van der Waals surface area contributed by atoms with Crippen molar-refractivity contribution < 1.29 is 9.47 Å². The summed E-state index contributed by atoms with van der Waals surface area (Å²) >= 11 is 0. The molecule has 0 aliphatic carbocycles. The molecule has 0 radical (unpaired) electrons. The first-order chi connectivity index (χ1) is 8.24. The summed E-state index contributed by atoms with van der Waals surface area (Å²) in [5, 5.41) is 3.28. The Hall–Kier alpha value is -1.26. The van der Waals surface area contributed by atoms with E-state index in [2.05, 4.69) is 23.3 Å². The molecule has 0 unspecified atom stereocenters. The Labute approximate surface area is 103 Å². The maximum absolute atomic E-state index is 5.30. The van der Waals surface area contributed by atoms with Crippen molar-refractivity contribution in [1.29, 1.82) is 0 Å². The van der Waals surface area contributed by atoms with Crippen molar-refractivity contribution in [3.63, 3.8) is 0 Å². The minimum absolute atomic E-state index is 0.656. The van der Waals surface area contributed by atoms with E-state index in [0.717, 1.165) is 31.1 Å². The number of likely N-dealkylation sites (N-methyl/N-ethyl adjacent to an activating group) is 1. The van der Waals surface area contributed by atoms with Gasteiger partial charge in [0, 0.05) is 25.7 Å². The van der Waals surface area contributed by atoms with Gasteiger partial charge in [0.1, 0.15) is 0 Å². The van der Waals surface area contributed by atoms with Crippen molar-refractivity contribution in [2.75, 3.05) is 34.4 Å². The summed E-state index contributed by atoms with van der Waals surface area (Å²) in [7, 11) is 5.48. The second kappa shape index (κ2) is 5.38. The third-order valence-corrected chi connectivity index (χ3v) is 3.26. The van der Waals surface area contributed by atoms with E-state index in [9.17, 15) is 0 Å². The summed E-state index contributed by atoms with van der Waals surface area (Å²) in [6.07, 6.45) is 0. The molecule has 0 spiro atoms. The van der Waals surface area contributed by atoms with Gasteiger partial charge < -0.3 is 14.8 Å². The maximum atomic E-state index is 5.30. The van der Waals surface area contributed by atoms with Crippen molar-refractivity contribution in [2.24, 2.45) is 0 Å². The average Bonchev–Trinajstić information content (AvgIpc) is 2.26. The van der Waals surface area contributed by atoms with Crippen LogP contribution in [0.2, 0.25) is 0 Å². The molecule has 4 nitrogen and oxygen atoms in total. The summed E-state index contributed by atoms with van der Waals surface area (Å²) in [5.74, 6) is 1.58. The van der Waals surface area contributed by atoms with E-state index in [0.29, 0.717) is 6.04 Å². The molecule has 0 bridgehead atoms. The molecule has 1 saturated heterocycles. The monoisotopic (exact) mass is 236 g/mol. The van der Waals surface area contributed by atoms with Gasteiger partial charge in [-0.05, 0) is 24.7 Å². The Kier molecular flexibility index (Phi) is 3.86. The molecule has 0 saturated carbocycles. The zero-order valence-electron chi connectivity index (χ0n) is 10.7. The highest BCUT2D eigenvalue weighted by Crippen LogP contribution is 2.28. The molecule has 1 heterocycles. The lowest BCUT2D eigenvalue weighted by atomic mass is 10.1. The van der Waals surface area contributed by atoms with Crippen LogP contribution in [0.25, 0.3) is 0 Å². The van der Waals surface area contributed by atoms with E-state index in [4.69, 9.17) is 9.47 Å². The maximum Gasteiger partial charge on any atom is 0.161 e. The molecular weight excluding hydrogens is 216 g/mol. The average molecular weight is 236 g/mol. The van der Waals surface area contributed by atoms with Crippen LogP contribution in [0, 0.1) is 0 Å². The van der Waals surface area contributed by atoms with Gasteiger partial charge in [-0.2, -0.15) is 0 Å². The minimum atomic E-state index is 0.656. The fraction of sp³-hybridized carbons (Fsp3) is 0.538. The fourth-order valence-corrected chi connectivity index (χ4v) is 1.98. The minimum Gasteiger partial charge on any atom is -0.493 e. The highest BCUT2D eigenvalue weighted by molar-refractivity contribution is 5.42. The van der Waals surface area contributed by atoms with Gasteiger partial charge in [-0.25, -0.2) is 0 Å². The van der Waals surface area contributed by atoms with Gasteiger partial charge >= 0.3 is 0 Å². The van der Waals surface area contributed by atoms with Crippen LogP contribution in [0.3, 0.4) is 0 Å². The van der Waals surface area contributed by atoms with Gasteiger partial charge in [-0.3, -0.25) is 4.90 Å². The van der Waals surface area contributed by atoms with E-state index in [1.54, 1.807) is 14.2 Å². The molecule has 0 atom stereocenters. The van der Waals surface area contributed by atoms with Gasteiger partial charge in [0.05, 0.1) is 14.2 Å². The van der Waals surface area contributed by atoms with Crippen LogP contribution in [0.1, 0.15) is 5.56 Å². The van der Waals surface area contributed by atoms with Gasteiger partial charge in [0.15, 0.2) is 11.5 Å². The molecule has 1 aliphatic heterocycles. The Bertz CT molecular complexity index is 378. The Morgan fingerprint density at radius 2 is 1.94 bits per heavy atom. The highest BCUT2D eigenvalue weighted by Gasteiger charge is 2.21. The first kappa shape index (κ1) is 12.2. The van der Waals surface area contributed by atoms with Crippen molar-refractivity contribution in [1.82, 2.24) is 10.2 Å². The van der Waals surface area contributed by atoms with E-state index < -0.39 is 0 Å². The molecule has 1 fully saturated rings. The number of nitrogens with one attached hydrogen (secondary N) is 1. The Morgan fingerprint density at radius 3 is 2.47 bits per heavy atom. The quantitative estimate of drug-likeness (QED) is 0.830. The number of nitrogens with zero attached hydrogens (tertiary/aromatic N) is 1. The molecule has 94 valence electrons. The van der Waals surface area contributed by atoms with E-state index in [1.165, 1.54) is 5.56 Å². The summed E-state index contributed by atoms with van der Waals surface area (Å²) in [5.41, 5.74) is 1.25. The van der Waals surface area contributed by atoms with Crippen LogP contribution in [0.5, 0.6) is 11.5 Å². The molecule has 0 amide bonds. The smallest absolute Gasteiger partial charge is 0.161 e. The highest BCUT2D eigenvalue weighted by atomic mass is 16.5. The zero-order valence-corrected chi connectivity index (χ0v) is 10.7. The van der Waals surface area contributed by atoms with E-state index in [-0.39, 0.29) is 0 Å². The Morgan fingerprint density at radius 1 is 1.24 bits per heavy atom. The molecule has 1 N–H and O–H groups in total. The van der Waals surface area contributed by atoms with E-state index in [1.807, 2.05) is 12.1 Å². The summed E-state index contributed by atoms with van der Waals surface area (Å²) < 4.78 is 10.5. The van der Waals surface area contributed by atoms with Crippen molar-refractivity contribution in [3.05, 3.63) is 23.8 Å². The number of methoxy groups -OCH3 is 2. The van der Waals surface area contributed by atoms with Crippen molar-refractivity contribution in [3.8, 4) is 11.5 Å². The summed E-state index contributed by atoms with van der Waals surface area (Å²) in [4.78, 5) is 2.36. The molecule has 1 aliphatic rings. The Balaban J connectivity index is 2.05. The van der Waals surface area contributed by atoms with Gasteiger partial charge in [-0.15, -0.1) is 0 Å². The fourth-order valence-electron chi connectivity index (χ4n) is 1.98. The predicted molar refractivity (Wildman–Crippen MR) is 67.7 cm³/mol. The second-order valence-corrected chi connectivity index (χ2v) is 4.42. The van der Waals surface area contributed by atoms with Crippen LogP contribution >= 0.6 is 0 Å². The molecule has 17 heavy (non-hydrogen) atoms. The summed E-state index contributed by atoms with van der Waals surface area (Å²) in [6, 6.07) is 6.75.